The van der Waals surface area contributed by atoms with Crippen LogP contribution < -0.4 is 0 Å². The lowest BCUT2D eigenvalue weighted by molar-refractivity contribution is 0.0661. The number of hydrogen-bond donors (Lipinski definition) is 1. The molecular formula is C13H13FO3. The molecule has 1 heterocycles. The summed E-state index contributed by atoms with van der Waals surface area (Å²) in [4.78, 5) is 11.1. The first-order valence-corrected chi connectivity index (χ1v) is 5.26. The van der Waals surface area contributed by atoms with Crippen molar-refractivity contribution in [2.24, 2.45) is 0 Å². The Hall–Kier alpha value is -1.84. The van der Waals surface area contributed by atoms with Crippen molar-refractivity contribution in [3.05, 3.63) is 35.3 Å². The van der Waals surface area contributed by atoms with Crippen LogP contribution in [0.1, 0.15) is 36.9 Å². The largest absolute Gasteiger partial charge is 0.475 e. The van der Waals surface area contributed by atoms with Gasteiger partial charge in [-0.3, -0.25) is 0 Å². The van der Waals surface area contributed by atoms with Gasteiger partial charge in [-0.25, -0.2) is 9.18 Å². The van der Waals surface area contributed by atoms with Crippen molar-refractivity contribution in [1.29, 1.82) is 0 Å². The van der Waals surface area contributed by atoms with Crippen LogP contribution in [0.5, 0.6) is 0 Å². The van der Waals surface area contributed by atoms with Crippen molar-refractivity contribution in [1.82, 2.24) is 0 Å². The summed E-state index contributed by atoms with van der Waals surface area (Å²) in [6.07, 6.45) is 0. The maximum absolute atomic E-state index is 13.2. The molecule has 0 saturated carbocycles. The van der Waals surface area contributed by atoms with Gasteiger partial charge in [-0.05, 0) is 23.6 Å². The zero-order valence-corrected chi connectivity index (χ0v) is 9.87. The van der Waals surface area contributed by atoms with E-state index in [9.17, 15) is 9.18 Å². The normalized spacial score (nSPS) is 12.0. The minimum absolute atomic E-state index is 0.113. The molecule has 0 aliphatic carbocycles. The summed E-state index contributed by atoms with van der Waals surface area (Å²) < 4.78 is 18.5. The van der Waals surface area contributed by atoms with Gasteiger partial charge in [0, 0.05) is 10.9 Å². The van der Waals surface area contributed by atoms with Crippen molar-refractivity contribution in [2.45, 2.75) is 26.2 Å². The van der Waals surface area contributed by atoms with E-state index in [1.165, 1.54) is 18.2 Å². The molecule has 0 unspecified atom stereocenters. The van der Waals surface area contributed by atoms with Crippen molar-refractivity contribution < 1.29 is 18.7 Å². The summed E-state index contributed by atoms with van der Waals surface area (Å²) in [7, 11) is 0. The van der Waals surface area contributed by atoms with Crippen molar-refractivity contribution >= 4 is 16.9 Å². The van der Waals surface area contributed by atoms with Gasteiger partial charge in [0.25, 0.3) is 0 Å². The standard InChI is InChI=1S/C13H13FO3/c1-13(2,3)10-8-6-7(14)4-5-9(8)17-11(10)12(15)16/h4-6H,1-3H3,(H,15,16). The Bertz CT molecular complexity index is 590. The zero-order chi connectivity index (χ0) is 12.8. The molecule has 0 atom stereocenters. The van der Waals surface area contributed by atoms with Gasteiger partial charge < -0.3 is 9.52 Å². The van der Waals surface area contributed by atoms with Gasteiger partial charge in [-0.15, -0.1) is 0 Å². The number of carbonyl (C=O) groups is 1. The molecule has 0 aliphatic heterocycles. The molecule has 17 heavy (non-hydrogen) atoms. The number of fused-ring (bicyclic) bond motifs is 1. The fraction of sp³-hybridized carbons (Fsp3) is 0.308. The van der Waals surface area contributed by atoms with E-state index in [4.69, 9.17) is 9.52 Å². The van der Waals surface area contributed by atoms with Crippen LogP contribution in [0.25, 0.3) is 11.0 Å². The van der Waals surface area contributed by atoms with E-state index in [0.717, 1.165) is 0 Å². The van der Waals surface area contributed by atoms with Crippen molar-refractivity contribution in [3.63, 3.8) is 0 Å². The predicted molar refractivity (Wildman–Crippen MR) is 61.8 cm³/mol. The Morgan fingerprint density at radius 1 is 1.35 bits per heavy atom. The van der Waals surface area contributed by atoms with Crippen LogP contribution in [-0.4, -0.2) is 11.1 Å². The van der Waals surface area contributed by atoms with Gasteiger partial charge >= 0.3 is 5.97 Å². The van der Waals surface area contributed by atoms with Crippen LogP contribution in [0.3, 0.4) is 0 Å². The summed E-state index contributed by atoms with van der Waals surface area (Å²) in [5.41, 5.74) is 0.500. The first kappa shape index (κ1) is 11.6. The fourth-order valence-corrected chi connectivity index (χ4v) is 1.97. The minimum atomic E-state index is -1.13. The van der Waals surface area contributed by atoms with Gasteiger partial charge in [0.2, 0.25) is 5.76 Å². The number of benzene rings is 1. The molecule has 0 aliphatic rings. The minimum Gasteiger partial charge on any atom is -0.475 e. The van der Waals surface area contributed by atoms with Gasteiger partial charge in [0.1, 0.15) is 11.4 Å². The highest BCUT2D eigenvalue weighted by atomic mass is 19.1. The second-order valence-electron chi connectivity index (χ2n) is 5.00. The average molecular weight is 236 g/mol. The molecule has 3 nitrogen and oxygen atoms in total. The number of hydrogen-bond acceptors (Lipinski definition) is 2. The SMILES string of the molecule is CC(C)(C)c1c(C(=O)O)oc2ccc(F)cc12. The van der Waals surface area contributed by atoms with Crippen LogP contribution in [0, 0.1) is 5.82 Å². The van der Waals surface area contributed by atoms with E-state index in [1.807, 2.05) is 20.8 Å². The lowest BCUT2D eigenvalue weighted by Crippen LogP contribution is -2.15. The average Bonchev–Trinajstić information content (AvgIpc) is 2.55. The number of carboxylic acids is 1. The highest BCUT2D eigenvalue weighted by Crippen LogP contribution is 2.35. The lowest BCUT2D eigenvalue weighted by Gasteiger charge is -2.17. The molecular weight excluding hydrogens is 223 g/mol. The van der Waals surface area contributed by atoms with E-state index in [1.54, 1.807) is 0 Å². The smallest absolute Gasteiger partial charge is 0.372 e. The zero-order valence-electron chi connectivity index (χ0n) is 9.87. The molecule has 0 amide bonds. The maximum atomic E-state index is 13.2. The Morgan fingerprint density at radius 3 is 2.53 bits per heavy atom. The molecule has 0 saturated heterocycles. The van der Waals surface area contributed by atoms with E-state index in [2.05, 4.69) is 0 Å². The van der Waals surface area contributed by atoms with Gasteiger partial charge in [0.05, 0.1) is 0 Å². The highest BCUT2D eigenvalue weighted by molar-refractivity contribution is 5.96. The fourth-order valence-electron chi connectivity index (χ4n) is 1.97. The predicted octanol–water partition coefficient (Wildman–Crippen LogP) is 3.57. The molecule has 0 radical (unpaired) electrons. The molecule has 90 valence electrons. The molecule has 0 bridgehead atoms. The van der Waals surface area contributed by atoms with Crippen LogP contribution in [-0.2, 0) is 5.41 Å². The Kier molecular flexibility index (Phi) is 2.45. The molecule has 1 aromatic carbocycles. The third kappa shape index (κ3) is 1.90. The number of aromatic carboxylic acids is 1. The first-order chi connectivity index (χ1) is 7.80. The van der Waals surface area contributed by atoms with Gasteiger partial charge in [-0.2, -0.15) is 0 Å². The maximum Gasteiger partial charge on any atom is 0.372 e. The molecule has 2 rings (SSSR count). The molecule has 1 N–H and O–H groups in total. The number of furan rings is 1. The Morgan fingerprint density at radius 2 is 2.00 bits per heavy atom. The quantitative estimate of drug-likeness (QED) is 0.823. The summed E-state index contributed by atoms with van der Waals surface area (Å²) in [5, 5.41) is 9.63. The van der Waals surface area contributed by atoms with Crippen LogP contribution in [0.2, 0.25) is 0 Å². The third-order valence-electron chi connectivity index (χ3n) is 2.59. The molecule has 2 aromatic rings. The summed E-state index contributed by atoms with van der Waals surface area (Å²) in [6.45, 7) is 5.61. The molecule has 0 spiro atoms. The van der Waals surface area contributed by atoms with Crippen LogP contribution in [0.4, 0.5) is 4.39 Å². The molecule has 0 fully saturated rings. The summed E-state index contributed by atoms with van der Waals surface area (Å²) >= 11 is 0. The molecule has 4 heteroatoms. The number of halogens is 1. The second kappa shape index (κ2) is 3.58. The van der Waals surface area contributed by atoms with Crippen molar-refractivity contribution in [2.75, 3.05) is 0 Å². The monoisotopic (exact) mass is 236 g/mol. The summed E-state index contributed by atoms with van der Waals surface area (Å²) in [6, 6.07) is 4.02. The Labute approximate surface area is 97.9 Å². The van der Waals surface area contributed by atoms with E-state index < -0.39 is 17.2 Å². The van der Waals surface area contributed by atoms with Crippen LogP contribution in [0.15, 0.2) is 22.6 Å². The van der Waals surface area contributed by atoms with Crippen molar-refractivity contribution in [3.8, 4) is 0 Å². The summed E-state index contributed by atoms with van der Waals surface area (Å²) in [5.74, 6) is -1.65. The van der Waals surface area contributed by atoms with Gasteiger partial charge in [0.15, 0.2) is 0 Å². The second-order valence-corrected chi connectivity index (χ2v) is 5.00. The van der Waals surface area contributed by atoms with E-state index in [0.29, 0.717) is 16.5 Å². The number of carboxylic acid groups (broad SMARTS) is 1. The highest BCUT2D eigenvalue weighted by Gasteiger charge is 2.28. The van der Waals surface area contributed by atoms with Gasteiger partial charge in [-0.1, -0.05) is 20.8 Å². The first-order valence-electron chi connectivity index (χ1n) is 5.26. The topological polar surface area (TPSA) is 50.4 Å². The van der Waals surface area contributed by atoms with Crippen LogP contribution >= 0.6 is 0 Å². The third-order valence-corrected chi connectivity index (χ3v) is 2.59. The van der Waals surface area contributed by atoms with E-state index in [-0.39, 0.29) is 5.76 Å². The van der Waals surface area contributed by atoms with E-state index >= 15 is 0 Å². The lowest BCUT2D eigenvalue weighted by atomic mass is 9.85. The number of rotatable bonds is 1. The Balaban J connectivity index is 2.87. The molecule has 1 aromatic heterocycles.